The first-order chi connectivity index (χ1) is 14.7. The van der Waals surface area contributed by atoms with Gasteiger partial charge in [-0.15, -0.1) is 0 Å². The van der Waals surface area contributed by atoms with Crippen molar-refractivity contribution in [2.45, 2.75) is 12.5 Å². The number of aliphatic carboxylic acids is 1. The molecule has 1 unspecified atom stereocenters. The van der Waals surface area contributed by atoms with Gasteiger partial charge in [0.15, 0.2) is 0 Å². The molecular formula is C19H15ClN2O6S3. The average Bonchev–Trinajstić information content (AvgIpc) is 3.27. The molecule has 0 spiro atoms. The number of hydrogen-bond acceptors (Lipinski definition) is 8. The number of rotatable bonds is 8. The molecule has 1 atom stereocenters. The van der Waals surface area contributed by atoms with Crippen LogP contribution in [0.15, 0.2) is 39.7 Å². The van der Waals surface area contributed by atoms with Crippen molar-refractivity contribution in [3.05, 3.63) is 56.1 Å². The molecule has 8 nitrogen and oxygen atoms in total. The van der Waals surface area contributed by atoms with Crippen LogP contribution in [0.4, 0.5) is 5.69 Å². The Morgan fingerprint density at radius 2 is 2.19 bits per heavy atom. The molecule has 0 saturated carbocycles. The number of carbonyl (C=O) groups is 2. The van der Waals surface area contributed by atoms with Crippen molar-refractivity contribution >= 4 is 75.3 Å². The first-order valence-electron chi connectivity index (χ1n) is 8.76. The SMILES string of the molecule is CSCCC(C(=O)O)N1C(=O)/C(=C/c2ccc(-c3ccc(Cl)cc3[N+](=O)[O-])o2)SC1=S. The molecule has 1 N–H and O–H groups in total. The summed E-state index contributed by atoms with van der Waals surface area (Å²) < 4.78 is 5.84. The number of thiocarbonyl (C=S) groups is 1. The lowest BCUT2D eigenvalue weighted by Gasteiger charge is -2.22. The van der Waals surface area contributed by atoms with Crippen LogP contribution in [-0.4, -0.2) is 49.2 Å². The fourth-order valence-corrected chi connectivity index (χ4v) is 4.87. The van der Waals surface area contributed by atoms with E-state index < -0.39 is 22.8 Å². The van der Waals surface area contributed by atoms with Gasteiger partial charge in [0, 0.05) is 17.2 Å². The fraction of sp³-hybridized carbons (Fsp3) is 0.211. The minimum absolute atomic E-state index is 0.157. The molecule has 31 heavy (non-hydrogen) atoms. The van der Waals surface area contributed by atoms with Crippen LogP contribution >= 0.6 is 47.3 Å². The standard InChI is InChI=1S/C19H15ClN2O6S3/c1-30-7-6-13(18(24)25)21-17(23)16(31-19(21)29)9-11-3-5-15(28-11)12-4-2-10(20)8-14(12)22(26)27/h2-5,8-9,13H,6-7H2,1H3,(H,24,25)/b16-9-. The second-order valence-electron chi connectivity index (χ2n) is 6.31. The fourth-order valence-electron chi connectivity index (χ4n) is 2.91. The maximum absolute atomic E-state index is 12.8. The summed E-state index contributed by atoms with van der Waals surface area (Å²) in [5.74, 6) is -0.570. The molecule has 1 saturated heterocycles. The number of nitro groups is 1. The Hall–Kier alpha value is -2.34. The highest BCUT2D eigenvalue weighted by Crippen LogP contribution is 2.37. The van der Waals surface area contributed by atoms with Crippen LogP contribution in [0.25, 0.3) is 17.4 Å². The lowest BCUT2D eigenvalue weighted by Crippen LogP contribution is -2.44. The van der Waals surface area contributed by atoms with Crippen molar-refractivity contribution in [3.8, 4) is 11.3 Å². The molecule has 1 aromatic carbocycles. The number of carboxylic acid groups (broad SMARTS) is 1. The zero-order valence-electron chi connectivity index (χ0n) is 15.9. The minimum atomic E-state index is -1.12. The molecule has 0 bridgehead atoms. The number of nitro benzene ring substituents is 1. The van der Waals surface area contributed by atoms with Gasteiger partial charge in [0.2, 0.25) is 0 Å². The van der Waals surface area contributed by atoms with Gasteiger partial charge in [-0.1, -0.05) is 35.6 Å². The van der Waals surface area contributed by atoms with E-state index in [2.05, 4.69) is 0 Å². The molecule has 1 aromatic heterocycles. The number of carbonyl (C=O) groups excluding carboxylic acids is 1. The molecule has 0 radical (unpaired) electrons. The van der Waals surface area contributed by atoms with Crippen molar-refractivity contribution in [1.29, 1.82) is 0 Å². The molecule has 2 heterocycles. The van der Waals surface area contributed by atoms with Crippen LogP contribution in [0.5, 0.6) is 0 Å². The van der Waals surface area contributed by atoms with Crippen LogP contribution in [0.3, 0.4) is 0 Å². The summed E-state index contributed by atoms with van der Waals surface area (Å²) in [6, 6.07) is 6.27. The summed E-state index contributed by atoms with van der Waals surface area (Å²) >= 11 is 13.5. The zero-order chi connectivity index (χ0) is 22.7. The summed E-state index contributed by atoms with van der Waals surface area (Å²) in [6.07, 6.45) is 3.56. The molecule has 1 fully saturated rings. The Bertz CT molecular complexity index is 1100. The lowest BCUT2D eigenvalue weighted by atomic mass is 10.1. The monoisotopic (exact) mass is 498 g/mol. The zero-order valence-corrected chi connectivity index (χ0v) is 19.1. The lowest BCUT2D eigenvalue weighted by molar-refractivity contribution is -0.384. The normalized spacial score (nSPS) is 16.2. The molecule has 1 amide bonds. The first-order valence-corrected chi connectivity index (χ1v) is 11.8. The van der Waals surface area contributed by atoms with Crippen LogP contribution in [0.2, 0.25) is 5.02 Å². The minimum Gasteiger partial charge on any atom is -0.480 e. The van der Waals surface area contributed by atoms with E-state index >= 15 is 0 Å². The first kappa shape index (κ1) is 23.3. The van der Waals surface area contributed by atoms with Gasteiger partial charge < -0.3 is 9.52 Å². The summed E-state index contributed by atoms with van der Waals surface area (Å²) in [5, 5.41) is 21.1. The largest absolute Gasteiger partial charge is 0.480 e. The third-order valence-corrected chi connectivity index (χ3v) is 6.55. The number of benzene rings is 1. The van der Waals surface area contributed by atoms with Crippen LogP contribution in [0, 0.1) is 10.1 Å². The average molecular weight is 499 g/mol. The third kappa shape index (κ3) is 5.12. The van der Waals surface area contributed by atoms with Gasteiger partial charge in [-0.05, 0) is 42.7 Å². The number of hydrogen-bond donors (Lipinski definition) is 1. The van der Waals surface area contributed by atoms with Crippen molar-refractivity contribution in [3.63, 3.8) is 0 Å². The summed E-state index contributed by atoms with van der Waals surface area (Å²) in [7, 11) is 0. The Morgan fingerprint density at radius 3 is 2.84 bits per heavy atom. The third-order valence-electron chi connectivity index (χ3n) is 4.34. The predicted molar refractivity (Wildman–Crippen MR) is 125 cm³/mol. The van der Waals surface area contributed by atoms with E-state index in [1.165, 1.54) is 36.0 Å². The van der Waals surface area contributed by atoms with Gasteiger partial charge in [-0.3, -0.25) is 19.8 Å². The van der Waals surface area contributed by atoms with Crippen molar-refractivity contribution in [2.24, 2.45) is 0 Å². The molecule has 162 valence electrons. The number of furan rings is 1. The van der Waals surface area contributed by atoms with Crippen LogP contribution < -0.4 is 0 Å². The van der Waals surface area contributed by atoms with Crippen molar-refractivity contribution < 1.29 is 24.0 Å². The van der Waals surface area contributed by atoms with Crippen LogP contribution in [-0.2, 0) is 9.59 Å². The van der Waals surface area contributed by atoms with Gasteiger partial charge in [-0.2, -0.15) is 11.8 Å². The number of amides is 1. The Kier molecular flexibility index (Phi) is 7.42. The maximum atomic E-state index is 12.8. The van der Waals surface area contributed by atoms with Gasteiger partial charge >= 0.3 is 5.97 Å². The number of carboxylic acids is 1. The summed E-state index contributed by atoms with van der Waals surface area (Å²) in [6.45, 7) is 0. The van der Waals surface area contributed by atoms with E-state index in [9.17, 15) is 24.8 Å². The highest BCUT2D eigenvalue weighted by molar-refractivity contribution is 8.26. The van der Waals surface area contributed by atoms with Gasteiger partial charge in [-0.25, -0.2) is 4.79 Å². The van der Waals surface area contributed by atoms with E-state index in [0.717, 1.165) is 16.7 Å². The molecule has 12 heteroatoms. The van der Waals surface area contributed by atoms with Gasteiger partial charge in [0.25, 0.3) is 11.6 Å². The Morgan fingerprint density at radius 1 is 1.45 bits per heavy atom. The van der Waals surface area contributed by atoms with Crippen LogP contribution in [0.1, 0.15) is 12.2 Å². The number of thioether (sulfide) groups is 2. The van der Waals surface area contributed by atoms with Crippen molar-refractivity contribution in [1.82, 2.24) is 4.90 Å². The molecule has 1 aliphatic heterocycles. The quantitative estimate of drug-likeness (QED) is 0.234. The number of nitrogens with zero attached hydrogens (tertiary/aromatic N) is 2. The Labute approximate surface area is 195 Å². The highest BCUT2D eigenvalue weighted by Gasteiger charge is 2.40. The van der Waals surface area contributed by atoms with Gasteiger partial charge in [0.1, 0.15) is 21.9 Å². The van der Waals surface area contributed by atoms with E-state index in [-0.39, 0.29) is 43.4 Å². The number of halogens is 1. The van der Waals surface area contributed by atoms with E-state index in [1.807, 2.05) is 6.26 Å². The Balaban J connectivity index is 1.88. The second-order valence-corrected chi connectivity index (χ2v) is 9.41. The summed E-state index contributed by atoms with van der Waals surface area (Å²) in [5.41, 5.74) is 0.0300. The smallest absolute Gasteiger partial charge is 0.326 e. The predicted octanol–water partition coefficient (Wildman–Crippen LogP) is 4.92. The molecule has 0 aliphatic carbocycles. The molecular weight excluding hydrogens is 484 g/mol. The summed E-state index contributed by atoms with van der Waals surface area (Å²) in [4.78, 5) is 36.5. The van der Waals surface area contributed by atoms with E-state index in [1.54, 1.807) is 12.1 Å². The van der Waals surface area contributed by atoms with Crippen molar-refractivity contribution in [2.75, 3.05) is 12.0 Å². The topological polar surface area (TPSA) is 114 Å². The van der Waals surface area contributed by atoms with E-state index in [4.69, 9.17) is 28.2 Å². The second kappa shape index (κ2) is 9.86. The molecule has 3 rings (SSSR count). The van der Waals surface area contributed by atoms with Gasteiger partial charge in [0.05, 0.1) is 15.4 Å². The molecule has 2 aromatic rings. The molecule has 1 aliphatic rings. The highest BCUT2D eigenvalue weighted by atomic mass is 35.5. The van der Waals surface area contributed by atoms with E-state index in [0.29, 0.717) is 5.75 Å². The maximum Gasteiger partial charge on any atom is 0.326 e.